The molecule has 4 amide bonds. The van der Waals surface area contributed by atoms with Crippen LogP contribution >= 0.6 is 0 Å². The predicted octanol–water partition coefficient (Wildman–Crippen LogP) is 2.44. The first kappa shape index (κ1) is 19.0. The van der Waals surface area contributed by atoms with Crippen molar-refractivity contribution in [1.82, 2.24) is 10.2 Å². The maximum absolute atomic E-state index is 13.1. The molecule has 0 aliphatic carbocycles. The van der Waals surface area contributed by atoms with Crippen LogP contribution in [0.1, 0.15) is 25.0 Å². The van der Waals surface area contributed by atoms with Crippen molar-refractivity contribution < 1.29 is 19.1 Å². The molecule has 0 spiro atoms. The zero-order valence-electron chi connectivity index (χ0n) is 16.6. The van der Waals surface area contributed by atoms with E-state index >= 15 is 0 Å². The summed E-state index contributed by atoms with van der Waals surface area (Å²) >= 11 is 0. The lowest BCUT2D eigenvalue weighted by atomic mass is 9.92. The first-order chi connectivity index (χ1) is 13.8. The van der Waals surface area contributed by atoms with Gasteiger partial charge in [-0.25, -0.2) is 4.79 Å². The Morgan fingerprint density at radius 1 is 1.17 bits per heavy atom. The molecule has 2 aromatic rings. The van der Waals surface area contributed by atoms with Crippen molar-refractivity contribution in [3.8, 4) is 5.75 Å². The maximum Gasteiger partial charge on any atom is 0.325 e. The fraction of sp³-hybridized carbons (Fsp3) is 0.318. The summed E-state index contributed by atoms with van der Waals surface area (Å²) < 4.78 is 5.15. The molecule has 2 aliphatic rings. The number of nitrogens with one attached hydrogen (secondary N) is 1. The van der Waals surface area contributed by atoms with E-state index in [0.717, 1.165) is 22.6 Å². The monoisotopic (exact) mass is 393 g/mol. The van der Waals surface area contributed by atoms with Gasteiger partial charge in [-0.1, -0.05) is 30.3 Å². The molecule has 0 bridgehead atoms. The summed E-state index contributed by atoms with van der Waals surface area (Å²) in [5, 5.41) is 2.74. The fourth-order valence-electron chi connectivity index (χ4n) is 4.12. The van der Waals surface area contributed by atoms with E-state index in [1.165, 1.54) is 0 Å². The molecule has 2 heterocycles. The summed E-state index contributed by atoms with van der Waals surface area (Å²) in [6.45, 7) is 3.31. The van der Waals surface area contributed by atoms with Gasteiger partial charge >= 0.3 is 6.03 Å². The molecule has 0 saturated carbocycles. The number of fused-ring (bicyclic) bond motifs is 1. The molecule has 2 atom stereocenters. The van der Waals surface area contributed by atoms with Crippen LogP contribution in [0.5, 0.6) is 5.75 Å². The van der Waals surface area contributed by atoms with Crippen molar-refractivity contribution in [2.75, 3.05) is 18.6 Å². The lowest BCUT2D eigenvalue weighted by Gasteiger charge is -2.25. The summed E-state index contributed by atoms with van der Waals surface area (Å²) in [5.41, 5.74) is 1.34. The average Bonchev–Trinajstić information content (AvgIpc) is 3.16. The van der Waals surface area contributed by atoms with Gasteiger partial charge in [0.15, 0.2) is 0 Å². The third-order valence-electron chi connectivity index (χ3n) is 5.71. The van der Waals surface area contributed by atoms with Crippen molar-refractivity contribution in [2.45, 2.75) is 31.8 Å². The zero-order chi connectivity index (χ0) is 20.8. The molecule has 7 nitrogen and oxygen atoms in total. The Kier molecular flexibility index (Phi) is 4.53. The summed E-state index contributed by atoms with van der Waals surface area (Å²) in [6.07, 6.45) is 0.756. The Morgan fingerprint density at radius 2 is 1.86 bits per heavy atom. The largest absolute Gasteiger partial charge is 0.497 e. The number of carbonyl (C=O) groups is 3. The lowest BCUT2D eigenvalue weighted by molar-refractivity contribution is -0.134. The number of rotatable bonds is 4. The van der Waals surface area contributed by atoms with Crippen LogP contribution < -0.4 is 15.0 Å². The summed E-state index contributed by atoms with van der Waals surface area (Å²) in [4.78, 5) is 41.4. The molecule has 1 saturated heterocycles. The fourth-order valence-corrected chi connectivity index (χ4v) is 4.12. The van der Waals surface area contributed by atoms with Gasteiger partial charge in [-0.05, 0) is 49.6 Å². The third kappa shape index (κ3) is 3.03. The molecular weight excluding hydrogens is 370 g/mol. The van der Waals surface area contributed by atoms with Gasteiger partial charge in [-0.2, -0.15) is 0 Å². The van der Waals surface area contributed by atoms with Crippen molar-refractivity contribution in [2.24, 2.45) is 0 Å². The number of carbonyl (C=O) groups excluding carboxylic acids is 3. The van der Waals surface area contributed by atoms with E-state index in [9.17, 15) is 14.4 Å². The number of ether oxygens (including phenoxy) is 1. The minimum absolute atomic E-state index is 0.0198. The SMILES string of the molecule is COc1ccc(C2(C)NC(=O)N(CC(=O)N3c4ccccc4CC3C)C2=O)cc1. The highest BCUT2D eigenvalue weighted by atomic mass is 16.5. The van der Waals surface area contributed by atoms with E-state index in [1.807, 2.05) is 31.2 Å². The number of methoxy groups -OCH3 is 1. The Morgan fingerprint density at radius 3 is 2.55 bits per heavy atom. The Labute approximate surface area is 169 Å². The van der Waals surface area contributed by atoms with Crippen LogP contribution in [0, 0.1) is 0 Å². The molecule has 1 N–H and O–H groups in total. The number of urea groups is 1. The van der Waals surface area contributed by atoms with Crippen LogP contribution in [0.15, 0.2) is 48.5 Å². The normalized spacial score (nSPS) is 23.2. The third-order valence-corrected chi connectivity index (χ3v) is 5.71. The van der Waals surface area contributed by atoms with E-state index in [-0.39, 0.29) is 18.5 Å². The summed E-state index contributed by atoms with van der Waals surface area (Å²) in [5.74, 6) is -0.0612. The van der Waals surface area contributed by atoms with Crippen LogP contribution in [0.25, 0.3) is 0 Å². The van der Waals surface area contributed by atoms with E-state index in [0.29, 0.717) is 11.3 Å². The highest BCUT2D eigenvalue weighted by molar-refractivity contribution is 6.10. The van der Waals surface area contributed by atoms with Gasteiger partial charge in [0.25, 0.3) is 5.91 Å². The van der Waals surface area contributed by atoms with Crippen LogP contribution in [0.4, 0.5) is 10.5 Å². The van der Waals surface area contributed by atoms with Gasteiger partial charge in [0.1, 0.15) is 17.8 Å². The molecular formula is C22H23N3O4. The Bertz CT molecular complexity index is 988. The molecule has 2 unspecified atom stereocenters. The molecule has 7 heteroatoms. The highest BCUT2D eigenvalue weighted by Gasteiger charge is 2.50. The maximum atomic E-state index is 13.1. The van der Waals surface area contributed by atoms with Crippen LogP contribution in [-0.4, -0.2) is 42.4 Å². The topological polar surface area (TPSA) is 79.0 Å². The predicted molar refractivity (Wildman–Crippen MR) is 108 cm³/mol. The number of imide groups is 1. The first-order valence-corrected chi connectivity index (χ1v) is 9.54. The molecule has 1 fully saturated rings. The smallest absolute Gasteiger partial charge is 0.325 e. The average molecular weight is 393 g/mol. The molecule has 2 aromatic carbocycles. The van der Waals surface area contributed by atoms with Gasteiger partial charge in [0.05, 0.1) is 7.11 Å². The van der Waals surface area contributed by atoms with Crippen LogP contribution in [-0.2, 0) is 21.5 Å². The molecule has 150 valence electrons. The number of para-hydroxylation sites is 1. The second-order valence-electron chi connectivity index (χ2n) is 7.62. The molecule has 0 radical (unpaired) electrons. The van der Waals surface area contributed by atoms with Crippen molar-refractivity contribution in [1.29, 1.82) is 0 Å². The minimum Gasteiger partial charge on any atom is -0.497 e. The number of amides is 4. The van der Waals surface area contributed by atoms with Gasteiger partial charge in [-0.15, -0.1) is 0 Å². The lowest BCUT2D eigenvalue weighted by Crippen LogP contribution is -2.46. The van der Waals surface area contributed by atoms with Crippen molar-refractivity contribution in [3.05, 3.63) is 59.7 Å². The minimum atomic E-state index is -1.22. The first-order valence-electron chi connectivity index (χ1n) is 9.54. The van der Waals surface area contributed by atoms with E-state index in [1.54, 1.807) is 43.2 Å². The second-order valence-corrected chi connectivity index (χ2v) is 7.62. The van der Waals surface area contributed by atoms with E-state index in [2.05, 4.69) is 5.32 Å². The van der Waals surface area contributed by atoms with E-state index in [4.69, 9.17) is 4.74 Å². The number of nitrogens with zero attached hydrogens (tertiary/aromatic N) is 2. The zero-order valence-corrected chi connectivity index (χ0v) is 16.6. The molecule has 4 rings (SSSR count). The molecule has 2 aliphatic heterocycles. The van der Waals surface area contributed by atoms with Gasteiger partial charge < -0.3 is 15.0 Å². The second kappa shape index (κ2) is 6.92. The number of hydrogen-bond donors (Lipinski definition) is 1. The van der Waals surface area contributed by atoms with Gasteiger partial charge in [0.2, 0.25) is 5.91 Å². The molecule has 29 heavy (non-hydrogen) atoms. The Balaban J connectivity index is 1.56. The quantitative estimate of drug-likeness (QED) is 0.810. The van der Waals surface area contributed by atoms with Gasteiger partial charge in [0, 0.05) is 11.7 Å². The molecule has 0 aromatic heterocycles. The summed E-state index contributed by atoms with van der Waals surface area (Å²) in [7, 11) is 1.56. The summed E-state index contributed by atoms with van der Waals surface area (Å²) in [6, 6.07) is 14.1. The standard InChI is InChI=1S/C22H23N3O4/c1-14-12-15-6-4-5-7-18(15)25(14)19(26)13-24-20(27)22(2,23-21(24)28)16-8-10-17(29-3)11-9-16/h4-11,14H,12-13H2,1-3H3,(H,23,28). The van der Waals surface area contributed by atoms with Gasteiger partial charge in [-0.3, -0.25) is 14.5 Å². The Hall–Kier alpha value is -3.35. The van der Waals surface area contributed by atoms with Crippen molar-refractivity contribution >= 4 is 23.5 Å². The van der Waals surface area contributed by atoms with Crippen LogP contribution in [0.3, 0.4) is 0 Å². The van der Waals surface area contributed by atoms with Crippen LogP contribution in [0.2, 0.25) is 0 Å². The van der Waals surface area contributed by atoms with Crippen molar-refractivity contribution in [3.63, 3.8) is 0 Å². The highest BCUT2D eigenvalue weighted by Crippen LogP contribution is 2.33. The van der Waals surface area contributed by atoms with E-state index < -0.39 is 17.5 Å². The number of benzene rings is 2. The number of hydrogen-bond acceptors (Lipinski definition) is 4. The number of anilines is 1.